The molecule has 21 heavy (non-hydrogen) atoms. The lowest BCUT2D eigenvalue weighted by Gasteiger charge is -2.18. The van der Waals surface area contributed by atoms with Gasteiger partial charge in [0.1, 0.15) is 6.54 Å². The maximum Gasteiger partial charge on any atom is 0.489 e. The average molecular weight is 282 g/mol. The second-order valence-corrected chi connectivity index (χ2v) is 6.23. The molecule has 0 fully saturated rings. The minimum atomic E-state index is -1.46. The van der Waals surface area contributed by atoms with E-state index in [1.165, 1.54) is 11.3 Å². The SMILES string of the molecule is CC[N+]1=C(C)C(C)(C)c2c1cc(B(O)O)c1ccccc21. The highest BCUT2D eigenvalue weighted by atomic mass is 16.4. The molecule has 2 aromatic carbocycles. The van der Waals surface area contributed by atoms with Gasteiger partial charge in [0, 0.05) is 18.6 Å². The first-order valence-electron chi connectivity index (χ1n) is 7.43. The second kappa shape index (κ2) is 4.68. The molecule has 1 heterocycles. The molecule has 0 unspecified atom stereocenters. The van der Waals surface area contributed by atoms with E-state index in [0.717, 1.165) is 23.0 Å². The predicted octanol–water partition coefficient (Wildman–Crippen LogP) is 1.94. The number of benzene rings is 2. The predicted molar refractivity (Wildman–Crippen MR) is 87.9 cm³/mol. The van der Waals surface area contributed by atoms with E-state index in [2.05, 4.69) is 38.3 Å². The Labute approximate surface area is 125 Å². The molecular weight excluding hydrogens is 261 g/mol. The van der Waals surface area contributed by atoms with Gasteiger partial charge in [0.15, 0.2) is 5.71 Å². The van der Waals surface area contributed by atoms with Gasteiger partial charge in [0.2, 0.25) is 5.69 Å². The second-order valence-electron chi connectivity index (χ2n) is 6.23. The largest absolute Gasteiger partial charge is 0.489 e. The Hall–Kier alpha value is -1.65. The summed E-state index contributed by atoms with van der Waals surface area (Å²) in [6.07, 6.45) is 0. The van der Waals surface area contributed by atoms with Crippen LogP contribution in [-0.4, -0.2) is 34.0 Å². The summed E-state index contributed by atoms with van der Waals surface area (Å²) in [5.41, 5.74) is 4.20. The summed E-state index contributed by atoms with van der Waals surface area (Å²) in [7, 11) is -1.46. The number of hydrogen-bond donors (Lipinski definition) is 2. The molecule has 108 valence electrons. The summed E-state index contributed by atoms with van der Waals surface area (Å²) in [6.45, 7) is 9.63. The lowest BCUT2D eigenvalue weighted by atomic mass is 9.72. The van der Waals surface area contributed by atoms with Crippen molar-refractivity contribution in [1.29, 1.82) is 0 Å². The van der Waals surface area contributed by atoms with Crippen LogP contribution in [0.3, 0.4) is 0 Å². The van der Waals surface area contributed by atoms with Crippen LogP contribution in [0.5, 0.6) is 0 Å². The van der Waals surface area contributed by atoms with E-state index >= 15 is 0 Å². The summed E-state index contributed by atoms with van der Waals surface area (Å²) in [6, 6.07) is 9.93. The topological polar surface area (TPSA) is 43.5 Å². The van der Waals surface area contributed by atoms with E-state index in [4.69, 9.17) is 0 Å². The Morgan fingerprint density at radius 3 is 2.33 bits per heavy atom. The number of fused-ring (bicyclic) bond motifs is 3. The molecule has 0 aromatic heterocycles. The Morgan fingerprint density at radius 1 is 1.14 bits per heavy atom. The van der Waals surface area contributed by atoms with Gasteiger partial charge >= 0.3 is 7.12 Å². The molecule has 2 aromatic rings. The molecule has 3 rings (SSSR count). The van der Waals surface area contributed by atoms with Crippen molar-refractivity contribution in [3.63, 3.8) is 0 Å². The first kappa shape index (κ1) is 14.3. The molecule has 0 aliphatic carbocycles. The molecule has 0 amide bonds. The normalized spacial score (nSPS) is 16.5. The van der Waals surface area contributed by atoms with Crippen LogP contribution < -0.4 is 5.46 Å². The Morgan fingerprint density at radius 2 is 1.76 bits per heavy atom. The van der Waals surface area contributed by atoms with Gasteiger partial charge in [-0.15, -0.1) is 0 Å². The summed E-state index contributed by atoms with van der Waals surface area (Å²) < 4.78 is 2.27. The van der Waals surface area contributed by atoms with Crippen LogP contribution in [0.1, 0.15) is 33.3 Å². The van der Waals surface area contributed by atoms with Gasteiger partial charge in [-0.05, 0) is 37.0 Å². The van der Waals surface area contributed by atoms with Crippen molar-refractivity contribution in [3.8, 4) is 0 Å². The molecule has 4 heteroatoms. The molecule has 1 aliphatic rings. The van der Waals surface area contributed by atoms with Crippen LogP contribution in [0.2, 0.25) is 0 Å². The van der Waals surface area contributed by atoms with Gasteiger partial charge in [-0.25, -0.2) is 0 Å². The molecule has 0 atom stereocenters. The molecule has 2 N–H and O–H groups in total. The third kappa shape index (κ3) is 1.86. The summed E-state index contributed by atoms with van der Waals surface area (Å²) in [4.78, 5) is 0. The molecule has 0 radical (unpaired) electrons. The maximum atomic E-state index is 9.74. The van der Waals surface area contributed by atoms with Gasteiger partial charge in [-0.1, -0.05) is 24.3 Å². The van der Waals surface area contributed by atoms with E-state index in [1.807, 2.05) is 24.3 Å². The Kier molecular flexibility index (Phi) is 3.19. The van der Waals surface area contributed by atoms with E-state index in [1.54, 1.807) is 0 Å². The quantitative estimate of drug-likeness (QED) is 0.653. The highest BCUT2D eigenvalue weighted by molar-refractivity contribution is 6.62. The molecule has 0 bridgehead atoms. The Balaban J connectivity index is 2.48. The van der Waals surface area contributed by atoms with Crippen LogP contribution in [0.25, 0.3) is 10.8 Å². The lowest BCUT2D eigenvalue weighted by Crippen LogP contribution is -2.31. The van der Waals surface area contributed by atoms with Crippen molar-refractivity contribution in [1.82, 2.24) is 0 Å². The fourth-order valence-electron chi connectivity index (χ4n) is 3.58. The van der Waals surface area contributed by atoms with Gasteiger partial charge < -0.3 is 10.0 Å². The van der Waals surface area contributed by atoms with E-state index < -0.39 is 7.12 Å². The van der Waals surface area contributed by atoms with E-state index in [-0.39, 0.29) is 5.41 Å². The number of hydrogen-bond acceptors (Lipinski definition) is 2. The Bertz CT molecular complexity index is 763. The fourth-order valence-corrected chi connectivity index (χ4v) is 3.58. The highest BCUT2D eigenvalue weighted by Crippen LogP contribution is 2.43. The minimum absolute atomic E-state index is 0.0517. The first-order valence-corrected chi connectivity index (χ1v) is 7.43. The molecule has 1 aliphatic heterocycles. The van der Waals surface area contributed by atoms with Crippen LogP contribution in [0, 0.1) is 0 Å². The standard InChI is InChI=1S/C17H21BNO2/c1-5-19-11(2)17(3,4)16-13-9-7-6-8-12(13)14(18(20)21)10-15(16)19/h6-10,20-21H,5H2,1-4H3/q+1. The zero-order valence-corrected chi connectivity index (χ0v) is 13.0. The molecule has 0 saturated carbocycles. The molecule has 0 saturated heterocycles. The molecular formula is C17H21BNO2+. The van der Waals surface area contributed by atoms with Crippen molar-refractivity contribution in [2.24, 2.45) is 0 Å². The van der Waals surface area contributed by atoms with Crippen molar-refractivity contribution in [3.05, 3.63) is 35.9 Å². The van der Waals surface area contributed by atoms with E-state index in [9.17, 15) is 10.0 Å². The average Bonchev–Trinajstić information content (AvgIpc) is 2.65. The number of nitrogens with zero attached hydrogens (tertiary/aromatic N) is 1. The monoisotopic (exact) mass is 282 g/mol. The minimum Gasteiger partial charge on any atom is -0.423 e. The number of rotatable bonds is 2. The van der Waals surface area contributed by atoms with Crippen molar-refractivity contribution < 1.29 is 14.6 Å². The third-order valence-corrected chi connectivity index (χ3v) is 4.88. The zero-order valence-electron chi connectivity index (χ0n) is 13.0. The van der Waals surface area contributed by atoms with Crippen molar-refractivity contribution >= 4 is 34.8 Å². The van der Waals surface area contributed by atoms with Gasteiger partial charge in [-0.3, -0.25) is 0 Å². The van der Waals surface area contributed by atoms with Crippen molar-refractivity contribution in [2.75, 3.05) is 6.54 Å². The summed E-state index contributed by atoms with van der Waals surface area (Å²) in [5.74, 6) is 0. The molecule has 3 nitrogen and oxygen atoms in total. The van der Waals surface area contributed by atoms with Crippen LogP contribution in [0.4, 0.5) is 5.69 Å². The highest BCUT2D eigenvalue weighted by Gasteiger charge is 2.44. The zero-order chi connectivity index (χ0) is 15.4. The summed E-state index contributed by atoms with van der Waals surface area (Å²) in [5, 5.41) is 21.5. The van der Waals surface area contributed by atoms with Gasteiger partial charge in [-0.2, -0.15) is 4.58 Å². The fraction of sp³-hybridized carbons (Fsp3) is 0.353. The summed E-state index contributed by atoms with van der Waals surface area (Å²) >= 11 is 0. The smallest absolute Gasteiger partial charge is 0.423 e. The van der Waals surface area contributed by atoms with Crippen molar-refractivity contribution in [2.45, 2.75) is 33.1 Å². The maximum absolute atomic E-state index is 9.74. The third-order valence-electron chi connectivity index (χ3n) is 4.88. The lowest BCUT2D eigenvalue weighted by molar-refractivity contribution is -0.434. The van der Waals surface area contributed by atoms with E-state index in [0.29, 0.717) is 5.46 Å². The van der Waals surface area contributed by atoms with Crippen LogP contribution in [-0.2, 0) is 5.41 Å². The van der Waals surface area contributed by atoms with Crippen LogP contribution >= 0.6 is 0 Å². The van der Waals surface area contributed by atoms with Gasteiger partial charge in [0.05, 0.1) is 5.41 Å². The molecule has 0 spiro atoms. The van der Waals surface area contributed by atoms with Crippen LogP contribution in [0.15, 0.2) is 30.3 Å². The first-order chi connectivity index (χ1) is 9.89. The van der Waals surface area contributed by atoms with Gasteiger partial charge in [0.25, 0.3) is 0 Å².